The minimum Gasteiger partial charge on any atom is -0.391 e. The molecule has 2 nitrogen and oxygen atoms in total. The van der Waals surface area contributed by atoms with Gasteiger partial charge in [-0.15, -0.1) is 12.4 Å². The summed E-state index contributed by atoms with van der Waals surface area (Å²) in [7, 11) is 0. The van der Waals surface area contributed by atoms with Gasteiger partial charge in [-0.1, -0.05) is 43.2 Å². The van der Waals surface area contributed by atoms with E-state index in [1.807, 2.05) is 30.3 Å². The minimum absolute atomic E-state index is 0. The number of benzene rings is 1. The van der Waals surface area contributed by atoms with Gasteiger partial charge in [-0.2, -0.15) is 0 Å². The van der Waals surface area contributed by atoms with Crippen molar-refractivity contribution in [1.29, 1.82) is 0 Å². The highest BCUT2D eigenvalue weighted by Crippen LogP contribution is 2.32. The van der Waals surface area contributed by atoms with Crippen LogP contribution in [0.25, 0.3) is 0 Å². The number of hydrogen-bond acceptors (Lipinski definition) is 2. The van der Waals surface area contributed by atoms with Crippen LogP contribution in [0, 0.1) is 5.92 Å². The monoisotopic (exact) mass is 241 g/mol. The summed E-state index contributed by atoms with van der Waals surface area (Å²) in [5.74, 6) is 0.403. The van der Waals surface area contributed by atoms with E-state index in [-0.39, 0.29) is 24.6 Å². The maximum Gasteiger partial charge on any atom is 0.0760 e. The molecule has 1 aromatic carbocycles. The smallest absolute Gasteiger partial charge is 0.0760 e. The topological polar surface area (TPSA) is 46.2 Å². The third kappa shape index (κ3) is 2.97. The lowest BCUT2D eigenvalue weighted by molar-refractivity contribution is 0.0845. The predicted octanol–water partition coefficient (Wildman–Crippen LogP) is 2.66. The Morgan fingerprint density at radius 3 is 2.25 bits per heavy atom. The standard InChI is InChI=1S/C13H19NO.ClH/c14-12(10-6-2-1-3-7-10)13(15)11-8-4-5-9-11;/h1-3,6-7,11-13,15H,4-5,8-9,14H2;1H/t12-,13+;/m1./s1. The summed E-state index contributed by atoms with van der Waals surface area (Å²) >= 11 is 0. The summed E-state index contributed by atoms with van der Waals surface area (Å²) in [4.78, 5) is 0. The van der Waals surface area contributed by atoms with Gasteiger partial charge in [-0.3, -0.25) is 0 Å². The third-order valence-corrected chi connectivity index (χ3v) is 3.44. The fourth-order valence-corrected chi connectivity index (χ4v) is 2.46. The molecule has 1 aliphatic carbocycles. The van der Waals surface area contributed by atoms with E-state index in [1.54, 1.807) is 0 Å². The van der Waals surface area contributed by atoms with E-state index < -0.39 is 0 Å². The van der Waals surface area contributed by atoms with Gasteiger partial charge in [0, 0.05) is 0 Å². The van der Waals surface area contributed by atoms with E-state index in [1.165, 1.54) is 12.8 Å². The van der Waals surface area contributed by atoms with Crippen LogP contribution >= 0.6 is 12.4 Å². The number of hydrogen-bond donors (Lipinski definition) is 2. The molecule has 0 unspecified atom stereocenters. The highest BCUT2D eigenvalue weighted by molar-refractivity contribution is 5.85. The first-order valence-corrected chi connectivity index (χ1v) is 5.77. The average Bonchev–Trinajstić information content (AvgIpc) is 2.82. The first kappa shape index (κ1) is 13.5. The van der Waals surface area contributed by atoms with E-state index >= 15 is 0 Å². The Kier molecular flexibility index (Phi) is 5.26. The maximum atomic E-state index is 10.1. The molecule has 2 rings (SSSR count). The lowest BCUT2D eigenvalue weighted by Crippen LogP contribution is -2.31. The molecule has 0 radical (unpaired) electrons. The average molecular weight is 242 g/mol. The molecular formula is C13H20ClNO. The van der Waals surface area contributed by atoms with Gasteiger partial charge in [-0.05, 0) is 24.3 Å². The zero-order valence-electron chi connectivity index (χ0n) is 9.38. The highest BCUT2D eigenvalue weighted by Gasteiger charge is 2.28. The summed E-state index contributed by atoms with van der Waals surface area (Å²) in [6.07, 6.45) is 4.35. The number of aliphatic hydroxyl groups excluding tert-OH is 1. The van der Waals surface area contributed by atoms with Crippen molar-refractivity contribution >= 4 is 12.4 Å². The second kappa shape index (κ2) is 6.24. The molecule has 0 heterocycles. The Balaban J connectivity index is 0.00000128. The molecule has 90 valence electrons. The Hall–Kier alpha value is -0.570. The van der Waals surface area contributed by atoms with Crippen LogP contribution in [-0.2, 0) is 0 Å². The lowest BCUT2D eigenvalue weighted by Gasteiger charge is -2.24. The summed E-state index contributed by atoms with van der Waals surface area (Å²) in [5.41, 5.74) is 7.11. The van der Waals surface area contributed by atoms with Crippen LogP contribution in [0.15, 0.2) is 30.3 Å². The number of nitrogens with two attached hydrogens (primary N) is 1. The largest absolute Gasteiger partial charge is 0.391 e. The van der Waals surface area contributed by atoms with Gasteiger partial charge in [-0.25, -0.2) is 0 Å². The molecule has 1 aromatic rings. The van der Waals surface area contributed by atoms with Gasteiger partial charge in [0.2, 0.25) is 0 Å². The number of aliphatic hydroxyl groups is 1. The Labute approximate surface area is 103 Å². The predicted molar refractivity (Wildman–Crippen MR) is 68.6 cm³/mol. The van der Waals surface area contributed by atoms with Gasteiger partial charge < -0.3 is 10.8 Å². The van der Waals surface area contributed by atoms with E-state index in [0.29, 0.717) is 5.92 Å². The van der Waals surface area contributed by atoms with Gasteiger partial charge >= 0.3 is 0 Å². The zero-order chi connectivity index (χ0) is 10.7. The van der Waals surface area contributed by atoms with Crippen LogP contribution < -0.4 is 5.73 Å². The molecule has 0 aromatic heterocycles. The molecule has 3 heteroatoms. The van der Waals surface area contributed by atoms with Crippen molar-refractivity contribution in [3.63, 3.8) is 0 Å². The SMILES string of the molecule is Cl.N[C@H](c1ccccc1)[C@@H](O)C1CCCC1. The van der Waals surface area contributed by atoms with E-state index in [9.17, 15) is 5.11 Å². The molecule has 2 atom stereocenters. The molecule has 0 saturated heterocycles. The number of rotatable bonds is 3. The summed E-state index contributed by atoms with van der Waals surface area (Å²) in [6, 6.07) is 9.66. The molecule has 16 heavy (non-hydrogen) atoms. The summed E-state index contributed by atoms with van der Waals surface area (Å²) < 4.78 is 0. The van der Waals surface area contributed by atoms with Crippen molar-refractivity contribution in [2.45, 2.75) is 37.8 Å². The molecular weight excluding hydrogens is 222 g/mol. The zero-order valence-corrected chi connectivity index (χ0v) is 10.2. The van der Waals surface area contributed by atoms with Gasteiger partial charge in [0.25, 0.3) is 0 Å². The van der Waals surface area contributed by atoms with Gasteiger partial charge in [0.1, 0.15) is 0 Å². The van der Waals surface area contributed by atoms with Crippen LogP contribution in [0.1, 0.15) is 37.3 Å². The quantitative estimate of drug-likeness (QED) is 0.855. The third-order valence-electron chi connectivity index (χ3n) is 3.44. The first-order valence-electron chi connectivity index (χ1n) is 5.77. The maximum absolute atomic E-state index is 10.1. The fourth-order valence-electron chi connectivity index (χ4n) is 2.46. The second-order valence-electron chi connectivity index (χ2n) is 4.47. The molecule has 0 amide bonds. The van der Waals surface area contributed by atoms with Crippen molar-refractivity contribution in [1.82, 2.24) is 0 Å². The van der Waals surface area contributed by atoms with Gasteiger partial charge in [0.15, 0.2) is 0 Å². The van der Waals surface area contributed by atoms with Crippen molar-refractivity contribution in [2.75, 3.05) is 0 Å². The van der Waals surface area contributed by atoms with Crippen molar-refractivity contribution < 1.29 is 5.11 Å². The Bertz CT molecular complexity index is 298. The molecule has 1 fully saturated rings. The van der Waals surface area contributed by atoms with E-state index in [2.05, 4.69) is 0 Å². The van der Waals surface area contributed by atoms with Crippen LogP contribution in [0.4, 0.5) is 0 Å². The van der Waals surface area contributed by atoms with Crippen LogP contribution in [-0.4, -0.2) is 11.2 Å². The van der Waals surface area contributed by atoms with Crippen molar-refractivity contribution in [3.8, 4) is 0 Å². The Morgan fingerprint density at radius 1 is 1.12 bits per heavy atom. The minimum atomic E-state index is -0.380. The van der Waals surface area contributed by atoms with E-state index in [0.717, 1.165) is 18.4 Å². The molecule has 0 aliphatic heterocycles. The fraction of sp³-hybridized carbons (Fsp3) is 0.538. The Morgan fingerprint density at radius 2 is 1.69 bits per heavy atom. The van der Waals surface area contributed by atoms with Crippen molar-refractivity contribution in [2.24, 2.45) is 11.7 Å². The van der Waals surface area contributed by atoms with Crippen LogP contribution in [0.2, 0.25) is 0 Å². The summed E-state index contributed by atoms with van der Waals surface area (Å²) in [6.45, 7) is 0. The van der Waals surface area contributed by atoms with Gasteiger partial charge in [0.05, 0.1) is 12.1 Å². The number of halogens is 1. The second-order valence-corrected chi connectivity index (χ2v) is 4.47. The van der Waals surface area contributed by atoms with E-state index in [4.69, 9.17) is 5.73 Å². The lowest BCUT2D eigenvalue weighted by atomic mass is 9.91. The summed E-state index contributed by atoms with van der Waals surface area (Å²) in [5, 5.41) is 10.1. The molecule has 1 aliphatic rings. The molecule has 0 spiro atoms. The molecule has 1 saturated carbocycles. The highest BCUT2D eigenvalue weighted by atomic mass is 35.5. The first-order chi connectivity index (χ1) is 7.29. The van der Waals surface area contributed by atoms with Crippen molar-refractivity contribution in [3.05, 3.63) is 35.9 Å². The molecule has 0 bridgehead atoms. The van der Waals surface area contributed by atoms with Crippen LogP contribution in [0.5, 0.6) is 0 Å². The molecule has 3 N–H and O–H groups in total. The normalized spacial score (nSPS) is 20.1. The van der Waals surface area contributed by atoms with Crippen LogP contribution in [0.3, 0.4) is 0 Å².